The van der Waals surface area contributed by atoms with Crippen LogP contribution in [0.3, 0.4) is 0 Å². The highest BCUT2D eigenvalue weighted by atomic mass is 32.1. The number of hydrogen-bond donors (Lipinski definition) is 1. The Labute approximate surface area is 181 Å². The van der Waals surface area contributed by atoms with E-state index in [0.29, 0.717) is 0 Å². The first kappa shape index (κ1) is 21.0. The molecule has 1 atom stereocenters. The summed E-state index contributed by atoms with van der Waals surface area (Å²) >= 11 is 1.87. The Hall–Kier alpha value is -2.29. The molecule has 7 nitrogen and oxygen atoms in total. The van der Waals surface area contributed by atoms with E-state index in [-0.39, 0.29) is 24.5 Å². The van der Waals surface area contributed by atoms with Gasteiger partial charge in [-0.1, -0.05) is 32.0 Å². The van der Waals surface area contributed by atoms with Crippen molar-refractivity contribution < 1.29 is 9.53 Å². The minimum atomic E-state index is -0.178. The molecule has 3 aromatic rings. The lowest BCUT2D eigenvalue weighted by Gasteiger charge is -2.23. The fourth-order valence-corrected chi connectivity index (χ4v) is 5.09. The van der Waals surface area contributed by atoms with E-state index in [2.05, 4.69) is 69.2 Å². The van der Waals surface area contributed by atoms with Crippen molar-refractivity contribution in [3.05, 3.63) is 46.9 Å². The fourth-order valence-electron chi connectivity index (χ4n) is 3.99. The largest absolute Gasteiger partial charge is 0.375 e. The molecule has 1 N–H and O–H groups in total. The van der Waals surface area contributed by atoms with Gasteiger partial charge in [-0.05, 0) is 23.4 Å². The van der Waals surface area contributed by atoms with Gasteiger partial charge in [0.25, 0.3) is 0 Å². The van der Waals surface area contributed by atoms with Crippen LogP contribution in [-0.2, 0) is 29.0 Å². The Kier molecular flexibility index (Phi) is 6.46. The fraction of sp³-hybridized carbons (Fsp3) is 0.500. The Balaban J connectivity index is 1.47. The van der Waals surface area contributed by atoms with E-state index in [9.17, 15) is 4.79 Å². The summed E-state index contributed by atoms with van der Waals surface area (Å²) in [5.41, 5.74) is 0. The van der Waals surface area contributed by atoms with Crippen LogP contribution in [-0.4, -0.2) is 52.4 Å². The number of hydrogen-bond acceptors (Lipinski definition) is 6. The molecule has 160 valence electrons. The van der Waals surface area contributed by atoms with Crippen molar-refractivity contribution in [2.75, 3.05) is 26.8 Å². The van der Waals surface area contributed by atoms with Gasteiger partial charge in [-0.15, -0.1) is 21.5 Å². The quantitative estimate of drug-likeness (QED) is 0.628. The minimum absolute atomic E-state index is 0.0488. The third-order valence-corrected chi connectivity index (χ3v) is 6.64. The lowest BCUT2D eigenvalue weighted by atomic mass is 10.0. The summed E-state index contributed by atoms with van der Waals surface area (Å²) in [5, 5.41) is 13.3. The van der Waals surface area contributed by atoms with Gasteiger partial charge in [-0.25, -0.2) is 0 Å². The van der Waals surface area contributed by atoms with E-state index in [1.807, 2.05) is 11.3 Å². The minimum Gasteiger partial charge on any atom is -0.375 e. The van der Waals surface area contributed by atoms with Crippen LogP contribution in [0.4, 0.5) is 0 Å². The molecule has 1 aliphatic rings. The number of ether oxygens (including phenoxy) is 1. The van der Waals surface area contributed by atoms with Crippen LogP contribution in [0.1, 0.15) is 36.4 Å². The zero-order valence-electron chi connectivity index (χ0n) is 17.8. The maximum atomic E-state index is 12.1. The maximum Gasteiger partial charge on any atom is 0.246 e. The van der Waals surface area contributed by atoms with Crippen molar-refractivity contribution in [2.24, 2.45) is 5.92 Å². The smallest absolute Gasteiger partial charge is 0.246 e. The molecule has 0 aliphatic carbocycles. The maximum absolute atomic E-state index is 12.1. The van der Waals surface area contributed by atoms with Gasteiger partial charge in [0, 0.05) is 49.3 Å². The molecule has 0 saturated heterocycles. The monoisotopic (exact) mass is 427 g/mol. The summed E-state index contributed by atoms with van der Waals surface area (Å²) in [7, 11) is 1.53. The highest BCUT2D eigenvalue weighted by Gasteiger charge is 2.27. The molecule has 1 unspecified atom stereocenters. The average molecular weight is 428 g/mol. The molecule has 3 heterocycles. The van der Waals surface area contributed by atoms with Gasteiger partial charge in [-0.2, -0.15) is 0 Å². The highest BCUT2D eigenvalue weighted by Crippen LogP contribution is 2.27. The van der Waals surface area contributed by atoms with Crippen LogP contribution in [0.15, 0.2) is 30.3 Å². The molecular formula is C22H29N5O2S. The van der Waals surface area contributed by atoms with E-state index in [1.165, 1.54) is 22.1 Å². The van der Waals surface area contributed by atoms with Crippen LogP contribution < -0.4 is 5.32 Å². The van der Waals surface area contributed by atoms with Crippen LogP contribution in [0, 0.1) is 5.92 Å². The molecular weight excluding hydrogens is 398 g/mol. The molecule has 4 rings (SSSR count). The van der Waals surface area contributed by atoms with Crippen molar-refractivity contribution in [3.8, 4) is 0 Å². The standard InChI is InChI=1S/C22H29N5O2S/c1-15(2)21(23-20(28)14-29-3)22-25-24-19-8-9-26(10-11-27(19)22)13-17-12-16-6-4-5-7-18(16)30-17/h4-7,12,15,21H,8-11,13-14H2,1-3H3,(H,23,28). The molecule has 1 aliphatic heterocycles. The predicted molar refractivity (Wildman–Crippen MR) is 118 cm³/mol. The number of aromatic nitrogens is 3. The van der Waals surface area contributed by atoms with Crippen molar-refractivity contribution in [3.63, 3.8) is 0 Å². The second kappa shape index (κ2) is 9.24. The van der Waals surface area contributed by atoms with E-state index < -0.39 is 0 Å². The molecule has 0 radical (unpaired) electrons. The lowest BCUT2D eigenvalue weighted by Crippen LogP contribution is -2.36. The summed E-state index contributed by atoms with van der Waals surface area (Å²) in [6.45, 7) is 7.88. The van der Waals surface area contributed by atoms with Crippen LogP contribution in [0.5, 0.6) is 0 Å². The molecule has 0 bridgehead atoms. The molecule has 1 aromatic carbocycles. The zero-order chi connectivity index (χ0) is 21.1. The summed E-state index contributed by atoms with van der Waals surface area (Å²) in [5.74, 6) is 1.91. The normalized spacial score (nSPS) is 15.9. The van der Waals surface area contributed by atoms with E-state index in [0.717, 1.165) is 44.2 Å². The third-order valence-electron chi connectivity index (χ3n) is 5.54. The lowest BCUT2D eigenvalue weighted by molar-refractivity contribution is -0.125. The second-order valence-corrected chi connectivity index (χ2v) is 9.29. The predicted octanol–water partition coefficient (Wildman–Crippen LogP) is 3.01. The number of rotatable bonds is 7. The summed E-state index contributed by atoms with van der Waals surface area (Å²) in [6.07, 6.45) is 0.856. The summed E-state index contributed by atoms with van der Waals surface area (Å²) in [4.78, 5) is 16.0. The van der Waals surface area contributed by atoms with Gasteiger partial charge in [0.1, 0.15) is 12.4 Å². The Morgan fingerprint density at radius 1 is 1.23 bits per heavy atom. The third kappa shape index (κ3) is 4.55. The van der Waals surface area contributed by atoms with Crippen LogP contribution in [0.2, 0.25) is 0 Å². The number of nitrogens with zero attached hydrogens (tertiary/aromatic N) is 4. The number of thiophene rings is 1. The number of carbonyl (C=O) groups is 1. The number of benzene rings is 1. The topological polar surface area (TPSA) is 72.3 Å². The number of methoxy groups -OCH3 is 1. The van der Waals surface area contributed by atoms with Crippen LogP contribution in [0.25, 0.3) is 10.1 Å². The Bertz CT molecular complexity index is 979. The van der Waals surface area contributed by atoms with Crippen molar-refractivity contribution in [1.29, 1.82) is 0 Å². The summed E-state index contributed by atoms with van der Waals surface area (Å²) in [6, 6.07) is 10.7. The van der Waals surface area contributed by atoms with Gasteiger partial charge < -0.3 is 14.6 Å². The van der Waals surface area contributed by atoms with E-state index in [4.69, 9.17) is 4.74 Å². The number of fused-ring (bicyclic) bond motifs is 2. The highest BCUT2D eigenvalue weighted by molar-refractivity contribution is 7.19. The zero-order valence-corrected chi connectivity index (χ0v) is 18.6. The van der Waals surface area contributed by atoms with Crippen molar-refractivity contribution in [2.45, 2.75) is 39.4 Å². The second-order valence-electron chi connectivity index (χ2n) is 8.12. The Morgan fingerprint density at radius 3 is 2.83 bits per heavy atom. The number of carbonyl (C=O) groups excluding carboxylic acids is 1. The molecule has 8 heteroatoms. The molecule has 1 amide bonds. The SMILES string of the molecule is COCC(=O)NC(c1nnc2n1CCN(Cc1cc3ccccc3s1)CC2)C(C)C. The first-order valence-electron chi connectivity index (χ1n) is 10.4. The average Bonchev–Trinajstić information content (AvgIpc) is 3.25. The Morgan fingerprint density at radius 2 is 2.07 bits per heavy atom. The van der Waals surface area contributed by atoms with Crippen molar-refractivity contribution in [1.82, 2.24) is 25.0 Å². The van der Waals surface area contributed by atoms with Gasteiger partial charge in [-0.3, -0.25) is 9.69 Å². The molecule has 0 fully saturated rings. The first-order chi connectivity index (χ1) is 14.5. The van der Waals surface area contributed by atoms with E-state index in [1.54, 1.807) is 0 Å². The summed E-state index contributed by atoms with van der Waals surface area (Å²) < 4.78 is 8.50. The van der Waals surface area contributed by atoms with Crippen molar-refractivity contribution >= 4 is 27.3 Å². The molecule has 30 heavy (non-hydrogen) atoms. The van der Waals surface area contributed by atoms with Gasteiger partial charge in [0.15, 0.2) is 5.82 Å². The van der Waals surface area contributed by atoms with E-state index >= 15 is 0 Å². The number of nitrogens with one attached hydrogen (secondary N) is 1. The van der Waals surface area contributed by atoms with Crippen LogP contribution >= 0.6 is 11.3 Å². The molecule has 0 saturated carbocycles. The first-order valence-corrected chi connectivity index (χ1v) is 11.3. The van der Waals surface area contributed by atoms with Gasteiger partial charge in [0.05, 0.1) is 6.04 Å². The van der Waals surface area contributed by atoms with Gasteiger partial charge >= 0.3 is 0 Å². The number of amides is 1. The molecule has 2 aromatic heterocycles. The molecule has 0 spiro atoms. The van der Waals surface area contributed by atoms with Gasteiger partial charge in [0.2, 0.25) is 5.91 Å².